The van der Waals surface area contributed by atoms with Crippen LogP contribution in [0.25, 0.3) is 10.9 Å². The van der Waals surface area contributed by atoms with Crippen LogP contribution in [0, 0.1) is 5.92 Å². The molecule has 1 aromatic carbocycles. The number of Topliss-reactive ketones (excluding diaryl/α,β-unsaturated/α-hetero) is 1. The van der Waals surface area contributed by atoms with E-state index in [2.05, 4.69) is 5.32 Å². The third-order valence-corrected chi connectivity index (χ3v) is 4.16. The molecule has 0 radical (unpaired) electrons. The Hall–Kier alpha value is -1.81. The molecule has 0 aliphatic carbocycles. The topological polar surface area (TPSA) is 43.3 Å². The molecular weight excluding hydrogens is 252 g/mol. The van der Waals surface area contributed by atoms with Crippen molar-refractivity contribution < 1.29 is 9.53 Å². The smallest absolute Gasteiger partial charge is 0.168 e. The standard InChI is InChI=1S/C16H20N2O2/c1-18-10-13(16(19)11-6-8-17-9-7-11)12-4-3-5-14(20-2)15(12)18/h3-5,10-11,17H,6-9H2,1-2H3. The van der Waals surface area contributed by atoms with Crippen molar-refractivity contribution in [2.45, 2.75) is 12.8 Å². The SMILES string of the molecule is COc1cccc2c(C(=O)C3CCNCC3)cn(C)c12. The summed E-state index contributed by atoms with van der Waals surface area (Å²) in [7, 11) is 3.63. The lowest BCUT2D eigenvalue weighted by Crippen LogP contribution is -2.31. The number of piperidine rings is 1. The maximum atomic E-state index is 12.7. The quantitative estimate of drug-likeness (QED) is 0.872. The van der Waals surface area contributed by atoms with Crippen LogP contribution in [0.1, 0.15) is 23.2 Å². The number of carbonyl (C=O) groups excluding carboxylic acids is 1. The predicted octanol–water partition coefficient (Wildman–Crippen LogP) is 2.37. The van der Waals surface area contributed by atoms with Gasteiger partial charge in [-0.05, 0) is 32.0 Å². The highest BCUT2D eigenvalue weighted by Gasteiger charge is 2.25. The van der Waals surface area contributed by atoms with Crippen molar-refractivity contribution in [1.29, 1.82) is 0 Å². The zero-order valence-electron chi connectivity index (χ0n) is 12.0. The van der Waals surface area contributed by atoms with Crippen LogP contribution < -0.4 is 10.1 Å². The van der Waals surface area contributed by atoms with E-state index in [1.165, 1.54) is 0 Å². The Kier molecular flexibility index (Phi) is 3.49. The molecule has 1 fully saturated rings. The fourth-order valence-electron chi connectivity index (χ4n) is 3.10. The maximum absolute atomic E-state index is 12.7. The zero-order chi connectivity index (χ0) is 14.1. The van der Waals surface area contributed by atoms with Crippen molar-refractivity contribution in [3.63, 3.8) is 0 Å². The fourth-order valence-corrected chi connectivity index (χ4v) is 3.10. The summed E-state index contributed by atoms with van der Waals surface area (Å²) in [6.07, 6.45) is 3.80. The average Bonchev–Trinajstić information content (AvgIpc) is 2.85. The molecule has 1 N–H and O–H groups in total. The molecule has 0 atom stereocenters. The van der Waals surface area contributed by atoms with Gasteiger partial charge in [-0.25, -0.2) is 0 Å². The summed E-state index contributed by atoms with van der Waals surface area (Å²) in [6, 6.07) is 5.88. The van der Waals surface area contributed by atoms with E-state index in [-0.39, 0.29) is 11.7 Å². The summed E-state index contributed by atoms with van der Waals surface area (Å²) in [4.78, 5) is 12.7. The summed E-state index contributed by atoms with van der Waals surface area (Å²) >= 11 is 0. The summed E-state index contributed by atoms with van der Waals surface area (Å²) < 4.78 is 7.39. The Morgan fingerprint density at radius 1 is 1.35 bits per heavy atom. The molecule has 1 aliphatic rings. The van der Waals surface area contributed by atoms with Crippen LogP contribution in [0.3, 0.4) is 0 Å². The molecule has 106 valence electrons. The fraction of sp³-hybridized carbons (Fsp3) is 0.438. The third kappa shape index (κ3) is 2.10. The number of aromatic nitrogens is 1. The van der Waals surface area contributed by atoms with Crippen LogP contribution in [-0.2, 0) is 7.05 Å². The number of nitrogens with one attached hydrogen (secondary N) is 1. The van der Waals surface area contributed by atoms with Crippen LogP contribution >= 0.6 is 0 Å². The van der Waals surface area contributed by atoms with Crippen molar-refractivity contribution in [3.05, 3.63) is 30.0 Å². The summed E-state index contributed by atoms with van der Waals surface area (Å²) in [5.41, 5.74) is 1.82. The van der Waals surface area contributed by atoms with E-state index in [4.69, 9.17) is 4.74 Å². The number of benzene rings is 1. The highest BCUT2D eigenvalue weighted by atomic mass is 16.5. The van der Waals surface area contributed by atoms with Crippen LogP contribution in [0.5, 0.6) is 5.75 Å². The highest BCUT2D eigenvalue weighted by Crippen LogP contribution is 2.31. The first-order chi connectivity index (χ1) is 9.72. The van der Waals surface area contributed by atoms with Gasteiger partial charge in [0.15, 0.2) is 5.78 Å². The van der Waals surface area contributed by atoms with E-state index in [0.717, 1.165) is 48.1 Å². The first-order valence-electron chi connectivity index (χ1n) is 7.09. The molecule has 0 saturated carbocycles. The minimum atomic E-state index is 0.146. The molecule has 0 amide bonds. The van der Waals surface area contributed by atoms with Gasteiger partial charge < -0.3 is 14.6 Å². The van der Waals surface area contributed by atoms with E-state index in [0.29, 0.717) is 0 Å². The second kappa shape index (κ2) is 5.29. The molecule has 4 heteroatoms. The van der Waals surface area contributed by atoms with Crippen molar-refractivity contribution in [3.8, 4) is 5.75 Å². The summed E-state index contributed by atoms with van der Waals surface area (Å²) in [5, 5.41) is 4.30. The number of aryl methyl sites for hydroxylation is 1. The first kappa shape index (κ1) is 13.2. The molecule has 1 aliphatic heterocycles. The van der Waals surface area contributed by atoms with E-state index in [9.17, 15) is 4.79 Å². The minimum absolute atomic E-state index is 0.146. The van der Waals surface area contributed by atoms with Crippen molar-refractivity contribution in [1.82, 2.24) is 9.88 Å². The normalized spacial score (nSPS) is 16.5. The van der Waals surface area contributed by atoms with Crippen molar-refractivity contribution >= 4 is 16.7 Å². The van der Waals surface area contributed by atoms with Crippen LogP contribution in [0.15, 0.2) is 24.4 Å². The molecule has 0 bridgehead atoms. The van der Waals surface area contributed by atoms with Gasteiger partial charge in [0.1, 0.15) is 5.75 Å². The number of hydrogen-bond donors (Lipinski definition) is 1. The summed E-state index contributed by atoms with van der Waals surface area (Å²) in [5.74, 6) is 1.23. The minimum Gasteiger partial charge on any atom is -0.495 e. The maximum Gasteiger partial charge on any atom is 0.168 e. The van der Waals surface area contributed by atoms with Gasteiger partial charge in [-0.1, -0.05) is 12.1 Å². The number of nitrogens with zero attached hydrogens (tertiary/aromatic N) is 1. The first-order valence-corrected chi connectivity index (χ1v) is 7.09. The van der Waals surface area contributed by atoms with Crippen LogP contribution in [0.2, 0.25) is 0 Å². The van der Waals surface area contributed by atoms with E-state index < -0.39 is 0 Å². The largest absolute Gasteiger partial charge is 0.495 e. The van der Waals surface area contributed by atoms with Gasteiger partial charge in [0, 0.05) is 30.1 Å². The van der Waals surface area contributed by atoms with E-state index >= 15 is 0 Å². The van der Waals surface area contributed by atoms with Gasteiger partial charge in [0.05, 0.1) is 12.6 Å². The highest BCUT2D eigenvalue weighted by molar-refractivity contribution is 6.10. The van der Waals surface area contributed by atoms with Crippen LogP contribution in [-0.4, -0.2) is 30.5 Å². The van der Waals surface area contributed by atoms with Gasteiger partial charge in [-0.15, -0.1) is 0 Å². The number of para-hydroxylation sites is 1. The molecule has 1 saturated heterocycles. The number of hydrogen-bond acceptors (Lipinski definition) is 3. The molecule has 20 heavy (non-hydrogen) atoms. The molecule has 0 unspecified atom stereocenters. The molecule has 3 rings (SSSR count). The lowest BCUT2D eigenvalue weighted by molar-refractivity contribution is 0.0896. The van der Waals surface area contributed by atoms with Crippen molar-refractivity contribution in [2.75, 3.05) is 20.2 Å². The Balaban J connectivity index is 2.05. The van der Waals surface area contributed by atoms with Gasteiger partial charge in [-0.3, -0.25) is 4.79 Å². The number of ketones is 1. The predicted molar refractivity (Wildman–Crippen MR) is 79.4 cm³/mol. The number of carbonyl (C=O) groups is 1. The molecule has 0 spiro atoms. The van der Waals surface area contributed by atoms with E-state index in [1.807, 2.05) is 36.0 Å². The Labute approximate surface area is 118 Å². The molecular formula is C16H20N2O2. The number of ether oxygens (including phenoxy) is 1. The van der Waals surface area contributed by atoms with Crippen LogP contribution in [0.4, 0.5) is 0 Å². The molecule has 1 aromatic heterocycles. The Morgan fingerprint density at radius 2 is 2.10 bits per heavy atom. The third-order valence-electron chi connectivity index (χ3n) is 4.16. The molecule has 2 aromatic rings. The van der Waals surface area contributed by atoms with E-state index in [1.54, 1.807) is 7.11 Å². The number of fused-ring (bicyclic) bond motifs is 1. The Bertz CT molecular complexity index is 639. The van der Waals surface area contributed by atoms with Gasteiger partial charge >= 0.3 is 0 Å². The number of rotatable bonds is 3. The second-order valence-corrected chi connectivity index (χ2v) is 5.40. The monoisotopic (exact) mass is 272 g/mol. The lowest BCUT2D eigenvalue weighted by Gasteiger charge is -2.21. The molecule has 4 nitrogen and oxygen atoms in total. The van der Waals surface area contributed by atoms with Crippen molar-refractivity contribution in [2.24, 2.45) is 13.0 Å². The van der Waals surface area contributed by atoms with Gasteiger partial charge in [-0.2, -0.15) is 0 Å². The second-order valence-electron chi connectivity index (χ2n) is 5.40. The molecule has 2 heterocycles. The Morgan fingerprint density at radius 3 is 2.80 bits per heavy atom. The average molecular weight is 272 g/mol. The number of methoxy groups -OCH3 is 1. The summed E-state index contributed by atoms with van der Waals surface area (Å²) in [6.45, 7) is 1.87. The zero-order valence-corrected chi connectivity index (χ0v) is 12.0. The van der Waals surface area contributed by atoms with Gasteiger partial charge in [0.2, 0.25) is 0 Å². The lowest BCUT2D eigenvalue weighted by atomic mass is 9.89. The van der Waals surface area contributed by atoms with Gasteiger partial charge in [0.25, 0.3) is 0 Å².